The maximum atomic E-state index is 12.6. The van der Waals surface area contributed by atoms with E-state index in [9.17, 15) is 9.59 Å². The van der Waals surface area contributed by atoms with E-state index in [0.29, 0.717) is 29.3 Å². The van der Waals surface area contributed by atoms with Gasteiger partial charge in [-0.1, -0.05) is 29.8 Å². The van der Waals surface area contributed by atoms with E-state index in [1.165, 1.54) is 23.8 Å². The van der Waals surface area contributed by atoms with Crippen LogP contribution in [0.5, 0.6) is 11.5 Å². The molecule has 0 fully saturated rings. The minimum atomic E-state index is -0.315. The summed E-state index contributed by atoms with van der Waals surface area (Å²) in [5.41, 5.74) is 2.91. The van der Waals surface area contributed by atoms with E-state index >= 15 is 0 Å². The number of aryl methyl sites for hydroxylation is 1. The molecule has 0 saturated heterocycles. The van der Waals surface area contributed by atoms with Crippen molar-refractivity contribution in [2.75, 3.05) is 19.5 Å². The molecule has 0 spiro atoms. The van der Waals surface area contributed by atoms with Gasteiger partial charge in [-0.15, -0.1) is 0 Å². The number of ether oxygens (including phenoxy) is 2. The molecule has 144 valence electrons. The number of carbonyl (C=O) groups is 1. The molecular formula is C22H22N2O4. The summed E-state index contributed by atoms with van der Waals surface area (Å²) in [4.78, 5) is 24.8. The molecule has 0 unspecified atom stereocenters. The van der Waals surface area contributed by atoms with Gasteiger partial charge in [0.05, 0.1) is 26.3 Å². The van der Waals surface area contributed by atoms with Crippen molar-refractivity contribution in [3.63, 3.8) is 0 Å². The molecule has 0 saturated carbocycles. The Hall–Kier alpha value is -3.54. The van der Waals surface area contributed by atoms with Crippen molar-refractivity contribution in [2.24, 2.45) is 0 Å². The maximum Gasteiger partial charge on any atom is 0.257 e. The molecule has 0 radical (unpaired) electrons. The lowest BCUT2D eigenvalue weighted by Crippen LogP contribution is -2.22. The largest absolute Gasteiger partial charge is 0.493 e. The highest BCUT2D eigenvalue weighted by Gasteiger charge is 2.11. The van der Waals surface area contributed by atoms with Crippen LogP contribution in [0.4, 0.5) is 5.69 Å². The lowest BCUT2D eigenvalue weighted by Gasteiger charge is -2.12. The molecule has 0 bridgehead atoms. The number of rotatable bonds is 6. The summed E-state index contributed by atoms with van der Waals surface area (Å²) < 4.78 is 12.0. The Labute approximate surface area is 163 Å². The molecule has 2 aromatic carbocycles. The number of pyridine rings is 1. The first-order valence-corrected chi connectivity index (χ1v) is 8.79. The Balaban J connectivity index is 1.82. The number of anilines is 1. The predicted molar refractivity (Wildman–Crippen MR) is 108 cm³/mol. The van der Waals surface area contributed by atoms with Crippen molar-refractivity contribution in [1.29, 1.82) is 0 Å². The fraction of sp³-hybridized carbons (Fsp3) is 0.182. The second-order valence-electron chi connectivity index (χ2n) is 6.40. The van der Waals surface area contributed by atoms with Gasteiger partial charge in [-0.2, -0.15) is 0 Å². The Kier molecular flexibility index (Phi) is 5.79. The topological polar surface area (TPSA) is 69.6 Å². The fourth-order valence-electron chi connectivity index (χ4n) is 2.91. The molecule has 0 aliphatic carbocycles. The highest BCUT2D eigenvalue weighted by molar-refractivity contribution is 6.04. The molecule has 6 nitrogen and oxygen atoms in total. The van der Waals surface area contributed by atoms with Gasteiger partial charge in [-0.25, -0.2) is 0 Å². The summed E-state index contributed by atoms with van der Waals surface area (Å²) in [5, 5.41) is 2.81. The molecule has 0 atom stereocenters. The number of hydrogen-bond donors (Lipinski definition) is 1. The summed E-state index contributed by atoms with van der Waals surface area (Å²) in [5.74, 6) is 0.780. The summed E-state index contributed by atoms with van der Waals surface area (Å²) in [6.45, 7) is 2.40. The van der Waals surface area contributed by atoms with Crippen LogP contribution in [0.2, 0.25) is 0 Å². The number of carbonyl (C=O) groups excluding carboxylic acids is 1. The Bertz CT molecular complexity index is 1060. The van der Waals surface area contributed by atoms with Gasteiger partial charge in [0, 0.05) is 24.0 Å². The zero-order valence-corrected chi connectivity index (χ0v) is 16.1. The van der Waals surface area contributed by atoms with Crippen LogP contribution >= 0.6 is 0 Å². The van der Waals surface area contributed by atoms with Crippen molar-refractivity contribution in [3.8, 4) is 11.5 Å². The zero-order valence-electron chi connectivity index (χ0n) is 16.1. The summed E-state index contributed by atoms with van der Waals surface area (Å²) in [6.07, 6.45) is 1.57. The van der Waals surface area contributed by atoms with Gasteiger partial charge in [0.1, 0.15) is 0 Å². The van der Waals surface area contributed by atoms with E-state index in [1.54, 1.807) is 31.5 Å². The summed E-state index contributed by atoms with van der Waals surface area (Å²) in [7, 11) is 3.08. The number of benzene rings is 2. The molecule has 1 aromatic heterocycles. The molecule has 0 aliphatic heterocycles. The minimum absolute atomic E-state index is 0.163. The van der Waals surface area contributed by atoms with Gasteiger partial charge in [0.25, 0.3) is 11.5 Å². The van der Waals surface area contributed by atoms with E-state index in [4.69, 9.17) is 9.47 Å². The second kappa shape index (κ2) is 8.43. The summed E-state index contributed by atoms with van der Waals surface area (Å²) in [6, 6.07) is 16.0. The standard InChI is InChI=1S/C22H22N2O4/c1-15-5-4-6-16(11-15)13-24-14-17(7-10-21(24)25)22(26)23-18-8-9-19(27-2)20(12-18)28-3/h4-12,14H,13H2,1-3H3,(H,23,26). The number of nitrogens with one attached hydrogen (secondary N) is 1. The van der Waals surface area contributed by atoms with Gasteiger partial charge >= 0.3 is 0 Å². The molecule has 1 N–H and O–H groups in total. The first-order chi connectivity index (χ1) is 13.5. The van der Waals surface area contributed by atoms with Crippen LogP contribution in [0, 0.1) is 6.92 Å². The molecule has 6 heteroatoms. The maximum absolute atomic E-state index is 12.6. The SMILES string of the molecule is COc1ccc(NC(=O)c2ccc(=O)n(Cc3cccc(C)c3)c2)cc1OC. The van der Waals surface area contributed by atoms with E-state index < -0.39 is 0 Å². The number of aromatic nitrogens is 1. The Morgan fingerprint density at radius 2 is 1.79 bits per heavy atom. The van der Waals surface area contributed by atoms with Gasteiger partial charge in [-0.05, 0) is 30.7 Å². The Morgan fingerprint density at radius 1 is 1.00 bits per heavy atom. The van der Waals surface area contributed by atoms with E-state index in [-0.39, 0.29) is 11.5 Å². The lowest BCUT2D eigenvalue weighted by atomic mass is 10.1. The van der Waals surface area contributed by atoms with Crippen LogP contribution in [-0.4, -0.2) is 24.7 Å². The first-order valence-electron chi connectivity index (χ1n) is 8.79. The van der Waals surface area contributed by atoms with Crippen molar-refractivity contribution in [1.82, 2.24) is 4.57 Å². The van der Waals surface area contributed by atoms with E-state index in [0.717, 1.165) is 11.1 Å². The molecule has 3 aromatic rings. The Morgan fingerprint density at radius 3 is 2.50 bits per heavy atom. The van der Waals surface area contributed by atoms with Crippen LogP contribution < -0.4 is 20.3 Å². The van der Waals surface area contributed by atoms with Crippen molar-refractivity contribution in [3.05, 3.63) is 87.8 Å². The fourth-order valence-corrected chi connectivity index (χ4v) is 2.91. The first kappa shape index (κ1) is 19.2. The number of hydrogen-bond acceptors (Lipinski definition) is 4. The van der Waals surface area contributed by atoms with Crippen LogP contribution in [-0.2, 0) is 6.54 Å². The third-order valence-corrected chi connectivity index (χ3v) is 4.32. The molecular weight excluding hydrogens is 356 g/mol. The smallest absolute Gasteiger partial charge is 0.257 e. The third-order valence-electron chi connectivity index (χ3n) is 4.32. The van der Waals surface area contributed by atoms with Crippen molar-refractivity contribution >= 4 is 11.6 Å². The zero-order chi connectivity index (χ0) is 20.1. The highest BCUT2D eigenvalue weighted by atomic mass is 16.5. The molecule has 1 amide bonds. The molecule has 1 heterocycles. The second-order valence-corrected chi connectivity index (χ2v) is 6.40. The van der Waals surface area contributed by atoms with Crippen LogP contribution in [0.3, 0.4) is 0 Å². The number of nitrogens with zero attached hydrogens (tertiary/aromatic N) is 1. The van der Waals surface area contributed by atoms with Gasteiger partial charge in [0.15, 0.2) is 11.5 Å². The lowest BCUT2D eigenvalue weighted by molar-refractivity contribution is 0.102. The van der Waals surface area contributed by atoms with Crippen LogP contribution in [0.25, 0.3) is 0 Å². The highest BCUT2D eigenvalue weighted by Crippen LogP contribution is 2.29. The molecule has 28 heavy (non-hydrogen) atoms. The third kappa shape index (κ3) is 4.40. The average molecular weight is 378 g/mol. The van der Waals surface area contributed by atoms with Gasteiger partial charge < -0.3 is 19.4 Å². The van der Waals surface area contributed by atoms with Crippen LogP contribution in [0.1, 0.15) is 21.5 Å². The molecule has 0 aliphatic rings. The van der Waals surface area contributed by atoms with E-state index in [2.05, 4.69) is 5.32 Å². The van der Waals surface area contributed by atoms with Crippen molar-refractivity contribution < 1.29 is 14.3 Å². The van der Waals surface area contributed by atoms with E-state index in [1.807, 2.05) is 31.2 Å². The monoisotopic (exact) mass is 378 g/mol. The quantitative estimate of drug-likeness (QED) is 0.713. The normalized spacial score (nSPS) is 10.4. The van der Waals surface area contributed by atoms with Crippen LogP contribution in [0.15, 0.2) is 65.6 Å². The summed E-state index contributed by atoms with van der Waals surface area (Å²) >= 11 is 0. The number of methoxy groups -OCH3 is 2. The predicted octanol–water partition coefficient (Wildman–Crippen LogP) is 3.47. The average Bonchev–Trinajstić information content (AvgIpc) is 2.69. The van der Waals surface area contributed by atoms with Crippen molar-refractivity contribution in [2.45, 2.75) is 13.5 Å². The minimum Gasteiger partial charge on any atom is -0.493 e. The molecule has 3 rings (SSSR count). The van der Waals surface area contributed by atoms with Gasteiger partial charge in [0.2, 0.25) is 0 Å². The van der Waals surface area contributed by atoms with Gasteiger partial charge in [-0.3, -0.25) is 9.59 Å². The number of amides is 1.